The van der Waals surface area contributed by atoms with E-state index in [0.717, 1.165) is 17.7 Å². The van der Waals surface area contributed by atoms with Crippen LogP contribution in [0.3, 0.4) is 0 Å². The highest BCUT2D eigenvalue weighted by molar-refractivity contribution is 7.93. The van der Waals surface area contributed by atoms with Gasteiger partial charge in [-0.3, -0.25) is 9.03 Å². The zero-order valence-electron chi connectivity index (χ0n) is 16.1. The molecule has 1 heterocycles. The molecule has 1 N–H and O–H groups in total. The van der Waals surface area contributed by atoms with Crippen LogP contribution in [0.1, 0.15) is 12.0 Å². The number of hydrogen-bond acceptors (Lipinski definition) is 4. The molecule has 6 nitrogen and oxygen atoms in total. The van der Waals surface area contributed by atoms with E-state index >= 15 is 0 Å². The van der Waals surface area contributed by atoms with Gasteiger partial charge in [0.25, 0.3) is 20.0 Å². The van der Waals surface area contributed by atoms with Gasteiger partial charge in [-0.25, -0.2) is 21.2 Å². The molecular formula is C21H18ClFN2O4S2. The molecule has 3 aromatic rings. The third-order valence-corrected chi connectivity index (χ3v) is 8.65. The minimum Gasteiger partial charge on any atom is -0.280 e. The third kappa shape index (κ3) is 4.26. The van der Waals surface area contributed by atoms with Gasteiger partial charge in [0.05, 0.1) is 21.3 Å². The molecule has 0 unspecified atom stereocenters. The molecule has 4 rings (SSSR count). The molecule has 0 bridgehead atoms. The Balaban J connectivity index is 1.72. The van der Waals surface area contributed by atoms with Crippen molar-refractivity contribution in [3.05, 3.63) is 83.1 Å². The molecule has 3 aromatic carbocycles. The second-order valence-electron chi connectivity index (χ2n) is 7.01. The first-order valence-electron chi connectivity index (χ1n) is 9.37. The highest BCUT2D eigenvalue weighted by Crippen LogP contribution is 2.35. The van der Waals surface area contributed by atoms with Crippen molar-refractivity contribution in [1.29, 1.82) is 0 Å². The molecule has 10 heteroatoms. The number of halogens is 2. The van der Waals surface area contributed by atoms with Crippen LogP contribution in [-0.2, 0) is 26.5 Å². The SMILES string of the molecule is O=S(=O)(Nc1ccc2c(c1)N(S(=O)(=O)c1ccc(F)cc1)CCC2)c1ccccc1Cl. The van der Waals surface area contributed by atoms with Gasteiger partial charge in [-0.2, -0.15) is 0 Å². The van der Waals surface area contributed by atoms with Gasteiger partial charge in [0.1, 0.15) is 10.7 Å². The Labute approximate surface area is 185 Å². The van der Waals surface area contributed by atoms with Crippen LogP contribution >= 0.6 is 11.6 Å². The average molecular weight is 481 g/mol. The maximum absolute atomic E-state index is 13.3. The first-order chi connectivity index (χ1) is 14.7. The number of aryl methyl sites for hydroxylation is 1. The fourth-order valence-electron chi connectivity index (χ4n) is 3.46. The maximum Gasteiger partial charge on any atom is 0.264 e. The van der Waals surface area contributed by atoms with E-state index in [1.165, 1.54) is 34.6 Å². The van der Waals surface area contributed by atoms with E-state index in [1.807, 2.05) is 0 Å². The summed E-state index contributed by atoms with van der Waals surface area (Å²) in [5.74, 6) is -0.533. The van der Waals surface area contributed by atoms with Crippen LogP contribution in [0.15, 0.2) is 76.5 Å². The van der Waals surface area contributed by atoms with Crippen LogP contribution in [0.2, 0.25) is 5.02 Å². The lowest BCUT2D eigenvalue weighted by molar-refractivity contribution is 0.585. The Morgan fingerprint density at radius 3 is 2.35 bits per heavy atom. The fraction of sp³-hybridized carbons (Fsp3) is 0.143. The lowest BCUT2D eigenvalue weighted by atomic mass is 10.0. The van der Waals surface area contributed by atoms with Crippen LogP contribution in [0.4, 0.5) is 15.8 Å². The summed E-state index contributed by atoms with van der Waals surface area (Å²) in [4.78, 5) is -0.117. The predicted octanol–water partition coefficient (Wildman–Crippen LogP) is 4.42. The Hall–Kier alpha value is -2.62. The molecule has 1 aliphatic rings. The van der Waals surface area contributed by atoms with E-state index in [9.17, 15) is 21.2 Å². The summed E-state index contributed by atoms with van der Waals surface area (Å²) in [5.41, 5.74) is 1.37. The zero-order valence-corrected chi connectivity index (χ0v) is 18.5. The lowest BCUT2D eigenvalue weighted by Crippen LogP contribution is -2.35. The molecule has 162 valence electrons. The topological polar surface area (TPSA) is 83.6 Å². The number of hydrogen-bond donors (Lipinski definition) is 1. The van der Waals surface area contributed by atoms with Gasteiger partial charge < -0.3 is 0 Å². The minimum absolute atomic E-state index is 0.0381. The third-order valence-electron chi connectivity index (χ3n) is 4.94. The first kappa shape index (κ1) is 21.6. The Bertz CT molecular complexity index is 1340. The van der Waals surface area contributed by atoms with E-state index < -0.39 is 25.9 Å². The Kier molecular flexibility index (Phi) is 5.67. The van der Waals surface area contributed by atoms with E-state index in [-0.39, 0.29) is 27.0 Å². The number of nitrogens with one attached hydrogen (secondary N) is 1. The molecule has 0 aliphatic carbocycles. The van der Waals surface area contributed by atoms with Crippen molar-refractivity contribution in [2.24, 2.45) is 0 Å². The number of benzene rings is 3. The minimum atomic E-state index is -3.97. The standard InChI is InChI=1S/C21H18ClFN2O4S2/c22-19-5-1-2-6-21(19)30(26,27)24-17-10-7-15-4-3-13-25(20(15)14-17)31(28,29)18-11-8-16(23)9-12-18/h1-2,5-12,14,24H,3-4,13H2. The second-order valence-corrected chi connectivity index (χ2v) is 10.9. The number of rotatable bonds is 5. The van der Waals surface area contributed by atoms with E-state index in [1.54, 1.807) is 24.3 Å². The molecule has 0 saturated heterocycles. The van der Waals surface area contributed by atoms with Crippen LogP contribution in [0, 0.1) is 5.82 Å². The summed E-state index contributed by atoms with van der Waals surface area (Å²) < 4.78 is 68.8. The van der Waals surface area contributed by atoms with Gasteiger partial charge in [0.15, 0.2) is 0 Å². The van der Waals surface area contributed by atoms with E-state index in [0.29, 0.717) is 18.5 Å². The van der Waals surface area contributed by atoms with Crippen molar-refractivity contribution in [2.75, 3.05) is 15.6 Å². The van der Waals surface area contributed by atoms with Crippen molar-refractivity contribution in [1.82, 2.24) is 0 Å². The normalized spacial score (nSPS) is 14.2. The van der Waals surface area contributed by atoms with Crippen molar-refractivity contribution in [3.8, 4) is 0 Å². The summed E-state index contributed by atoms with van der Waals surface area (Å²) in [6.07, 6.45) is 1.26. The fourth-order valence-corrected chi connectivity index (χ4v) is 6.56. The van der Waals surface area contributed by atoms with Crippen molar-refractivity contribution < 1.29 is 21.2 Å². The highest BCUT2D eigenvalue weighted by atomic mass is 35.5. The largest absolute Gasteiger partial charge is 0.280 e. The van der Waals surface area contributed by atoms with Crippen LogP contribution in [0.25, 0.3) is 0 Å². The molecular weight excluding hydrogens is 463 g/mol. The van der Waals surface area contributed by atoms with Gasteiger partial charge in [0.2, 0.25) is 0 Å². The molecule has 31 heavy (non-hydrogen) atoms. The number of fused-ring (bicyclic) bond motifs is 1. The van der Waals surface area contributed by atoms with Crippen molar-refractivity contribution >= 4 is 43.0 Å². The monoisotopic (exact) mass is 480 g/mol. The lowest BCUT2D eigenvalue weighted by Gasteiger charge is -2.31. The molecule has 1 aliphatic heterocycles. The summed E-state index contributed by atoms with van der Waals surface area (Å²) in [6.45, 7) is 0.230. The van der Waals surface area contributed by atoms with Crippen LogP contribution in [-0.4, -0.2) is 23.4 Å². The van der Waals surface area contributed by atoms with Crippen LogP contribution in [0.5, 0.6) is 0 Å². The van der Waals surface area contributed by atoms with Gasteiger partial charge >= 0.3 is 0 Å². The van der Waals surface area contributed by atoms with Gasteiger partial charge in [-0.15, -0.1) is 0 Å². The molecule has 0 atom stereocenters. The van der Waals surface area contributed by atoms with Gasteiger partial charge in [-0.05, 0) is 66.9 Å². The average Bonchev–Trinajstić information content (AvgIpc) is 2.73. The van der Waals surface area contributed by atoms with E-state index in [4.69, 9.17) is 11.6 Å². The maximum atomic E-state index is 13.3. The van der Waals surface area contributed by atoms with Crippen molar-refractivity contribution in [3.63, 3.8) is 0 Å². The van der Waals surface area contributed by atoms with E-state index in [2.05, 4.69) is 4.72 Å². The number of sulfonamides is 2. The second kappa shape index (κ2) is 8.14. The molecule has 0 radical (unpaired) electrons. The molecule has 0 saturated carbocycles. The highest BCUT2D eigenvalue weighted by Gasteiger charge is 2.30. The van der Waals surface area contributed by atoms with Crippen LogP contribution < -0.4 is 9.03 Å². The quantitative estimate of drug-likeness (QED) is 0.586. The number of nitrogens with zero attached hydrogens (tertiary/aromatic N) is 1. The Morgan fingerprint density at radius 2 is 1.65 bits per heavy atom. The van der Waals surface area contributed by atoms with Gasteiger partial charge in [-0.1, -0.05) is 29.8 Å². The Morgan fingerprint density at radius 1 is 0.935 bits per heavy atom. The molecule has 0 spiro atoms. The summed E-state index contributed by atoms with van der Waals surface area (Å²) in [6, 6.07) is 15.4. The first-order valence-corrected chi connectivity index (χ1v) is 12.7. The smallest absolute Gasteiger partial charge is 0.264 e. The summed E-state index contributed by atoms with van der Waals surface area (Å²) in [5, 5.41) is 0.0773. The zero-order chi connectivity index (χ0) is 22.2. The van der Waals surface area contributed by atoms with Gasteiger partial charge in [0, 0.05) is 6.54 Å². The van der Waals surface area contributed by atoms with Crippen molar-refractivity contribution in [2.45, 2.75) is 22.6 Å². The summed E-state index contributed by atoms with van der Waals surface area (Å²) in [7, 11) is -7.92. The number of anilines is 2. The molecule has 0 aromatic heterocycles. The molecule has 0 amide bonds. The summed E-state index contributed by atoms with van der Waals surface area (Å²) >= 11 is 6.02. The predicted molar refractivity (Wildman–Crippen MR) is 118 cm³/mol. The molecule has 0 fully saturated rings.